The van der Waals surface area contributed by atoms with Crippen molar-refractivity contribution in [1.82, 2.24) is 9.97 Å². The highest BCUT2D eigenvalue weighted by Crippen LogP contribution is 2.13. The van der Waals surface area contributed by atoms with Crippen LogP contribution in [0.2, 0.25) is 0 Å². The second kappa shape index (κ2) is 5.95. The molecule has 0 aliphatic rings. The average molecular weight is 247 g/mol. The molecule has 2 rings (SSSR count). The van der Waals surface area contributed by atoms with Gasteiger partial charge in [0.1, 0.15) is 17.7 Å². The van der Waals surface area contributed by atoms with Crippen LogP contribution in [-0.4, -0.2) is 22.6 Å². The molecule has 0 aliphatic heterocycles. The van der Waals surface area contributed by atoms with Crippen LogP contribution in [-0.2, 0) is 0 Å². The minimum absolute atomic E-state index is 0.0701. The molecule has 18 heavy (non-hydrogen) atoms. The van der Waals surface area contributed by atoms with Crippen molar-refractivity contribution in [2.45, 2.75) is 13.0 Å². The maximum atomic E-state index is 12.7. The lowest BCUT2D eigenvalue weighted by Gasteiger charge is -2.15. The molecule has 0 fully saturated rings. The summed E-state index contributed by atoms with van der Waals surface area (Å²) in [5, 5.41) is 3.05. The van der Waals surface area contributed by atoms with Gasteiger partial charge in [-0.15, -0.1) is 0 Å². The summed E-state index contributed by atoms with van der Waals surface area (Å²) in [4.78, 5) is 8.08. The Morgan fingerprint density at radius 3 is 2.56 bits per heavy atom. The van der Waals surface area contributed by atoms with Crippen LogP contribution in [0.25, 0.3) is 0 Å². The summed E-state index contributed by atoms with van der Waals surface area (Å²) in [7, 11) is 0. The maximum absolute atomic E-state index is 12.7. The Morgan fingerprint density at radius 1 is 1.22 bits per heavy atom. The number of halogens is 1. The van der Waals surface area contributed by atoms with Crippen LogP contribution in [0.4, 0.5) is 10.3 Å². The summed E-state index contributed by atoms with van der Waals surface area (Å²) in [6.07, 6.45) is 3.26. The summed E-state index contributed by atoms with van der Waals surface area (Å²) in [5.41, 5.74) is 0. The Kier molecular flexibility index (Phi) is 4.06. The van der Waals surface area contributed by atoms with E-state index in [-0.39, 0.29) is 11.9 Å². The van der Waals surface area contributed by atoms with Crippen molar-refractivity contribution in [1.29, 1.82) is 0 Å². The van der Waals surface area contributed by atoms with Gasteiger partial charge >= 0.3 is 0 Å². The average Bonchev–Trinajstić information content (AvgIpc) is 2.40. The minimum atomic E-state index is -0.272. The predicted molar refractivity (Wildman–Crippen MR) is 67.0 cm³/mol. The zero-order valence-corrected chi connectivity index (χ0v) is 10.0. The normalized spacial score (nSPS) is 11.9. The molecule has 0 spiro atoms. The van der Waals surface area contributed by atoms with E-state index in [1.54, 1.807) is 30.6 Å². The first-order chi connectivity index (χ1) is 8.74. The first-order valence-electron chi connectivity index (χ1n) is 5.67. The van der Waals surface area contributed by atoms with Gasteiger partial charge in [0.15, 0.2) is 0 Å². The number of nitrogens with one attached hydrogen (secondary N) is 1. The van der Waals surface area contributed by atoms with E-state index in [0.29, 0.717) is 18.2 Å². The van der Waals surface area contributed by atoms with Crippen LogP contribution in [0.1, 0.15) is 6.92 Å². The van der Waals surface area contributed by atoms with Crippen LogP contribution in [0.3, 0.4) is 0 Å². The predicted octanol–water partition coefficient (Wildman–Crippen LogP) is 2.50. The largest absolute Gasteiger partial charge is 0.489 e. The van der Waals surface area contributed by atoms with Gasteiger partial charge in [-0.05, 0) is 37.3 Å². The number of hydrogen-bond acceptors (Lipinski definition) is 4. The van der Waals surface area contributed by atoms with Crippen molar-refractivity contribution in [3.05, 3.63) is 48.5 Å². The molecule has 4 nitrogen and oxygen atoms in total. The molecule has 0 bridgehead atoms. The number of anilines is 1. The Hall–Kier alpha value is -2.17. The van der Waals surface area contributed by atoms with Gasteiger partial charge in [0, 0.05) is 12.4 Å². The molecule has 2 aromatic rings. The lowest BCUT2D eigenvalue weighted by molar-refractivity contribution is 0.234. The fourth-order valence-corrected chi connectivity index (χ4v) is 1.41. The molecule has 5 heteroatoms. The fraction of sp³-hybridized carbons (Fsp3) is 0.231. The van der Waals surface area contributed by atoms with Crippen molar-refractivity contribution >= 4 is 5.95 Å². The number of ether oxygens (including phenoxy) is 1. The van der Waals surface area contributed by atoms with Crippen molar-refractivity contribution < 1.29 is 9.13 Å². The molecule has 1 unspecified atom stereocenters. The van der Waals surface area contributed by atoms with Gasteiger partial charge in [-0.2, -0.15) is 0 Å². The van der Waals surface area contributed by atoms with Gasteiger partial charge in [-0.25, -0.2) is 14.4 Å². The summed E-state index contributed by atoms with van der Waals surface area (Å²) in [6, 6.07) is 7.70. The highest BCUT2D eigenvalue weighted by atomic mass is 19.1. The standard InChI is InChI=1S/C13H14FN3O/c1-10(9-17-13-15-7-2-8-16-13)18-12-5-3-11(14)4-6-12/h2-8,10H,9H2,1H3,(H,15,16,17). The number of aromatic nitrogens is 2. The summed E-state index contributed by atoms with van der Waals surface area (Å²) in [5.74, 6) is 0.928. The molecule has 0 aliphatic carbocycles. The van der Waals surface area contributed by atoms with Crippen LogP contribution < -0.4 is 10.1 Å². The van der Waals surface area contributed by atoms with E-state index in [4.69, 9.17) is 4.74 Å². The minimum Gasteiger partial charge on any atom is -0.489 e. The van der Waals surface area contributed by atoms with Gasteiger partial charge < -0.3 is 10.1 Å². The Balaban J connectivity index is 1.82. The number of nitrogens with zero attached hydrogens (tertiary/aromatic N) is 2. The van der Waals surface area contributed by atoms with Crippen molar-refractivity contribution in [2.24, 2.45) is 0 Å². The molecular formula is C13H14FN3O. The molecule has 1 heterocycles. The Labute approximate surface area is 105 Å². The van der Waals surface area contributed by atoms with E-state index in [2.05, 4.69) is 15.3 Å². The first kappa shape index (κ1) is 12.3. The van der Waals surface area contributed by atoms with Crippen LogP contribution in [0.5, 0.6) is 5.75 Å². The molecule has 0 saturated carbocycles. The second-order valence-electron chi connectivity index (χ2n) is 3.84. The molecule has 1 N–H and O–H groups in total. The SMILES string of the molecule is CC(CNc1ncccn1)Oc1ccc(F)cc1. The summed E-state index contributed by atoms with van der Waals surface area (Å²) < 4.78 is 18.3. The molecule has 1 aromatic carbocycles. The zero-order valence-electron chi connectivity index (χ0n) is 10.0. The molecule has 1 atom stereocenters. The molecule has 0 saturated heterocycles. The van der Waals surface area contributed by atoms with Gasteiger partial charge in [0.05, 0.1) is 6.54 Å². The van der Waals surface area contributed by atoms with Crippen LogP contribution in [0.15, 0.2) is 42.7 Å². The number of rotatable bonds is 5. The molecule has 94 valence electrons. The topological polar surface area (TPSA) is 47.0 Å². The highest BCUT2D eigenvalue weighted by molar-refractivity contribution is 5.24. The van der Waals surface area contributed by atoms with E-state index in [1.807, 2.05) is 6.92 Å². The van der Waals surface area contributed by atoms with Crippen molar-refractivity contribution in [2.75, 3.05) is 11.9 Å². The van der Waals surface area contributed by atoms with Gasteiger partial charge in [-0.1, -0.05) is 0 Å². The van der Waals surface area contributed by atoms with E-state index < -0.39 is 0 Å². The lowest BCUT2D eigenvalue weighted by atomic mass is 10.3. The third-order valence-electron chi connectivity index (χ3n) is 2.26. The van der Waals surface area contributed by atoms with Crippen LogP contribution in [0, 0.1) is 5.82 Å². The first-order valence-corrected chi connectivity index (χ1v) is 5.67. The van der Waals surface area contributed by atoms with Gasteiger partial charge in [0.25, 0.3) is 0 Å². The third-order valence-corrected chi connectivity index (χ3v) is 2.26. The monoisotopic (exact) mass is 247 g/mol. The van der Waals surface area contributed by atoms with Crippen LogP contribution >= 0.6 is 0 Å². The van der Waals surface area contributed by atoms with Crippen molar-refractivity contribution in [3.63, 3.8) is 0 Å². The molecule has 0 amide bonds. The Bertz CT molecular complexity index is 475. The van der Waals surface area contributed by atoms with Gasteiger partial charge in [-0.3, -0.25) is 0 Å². The highest BCUT2D eigenvalue weighted by Gasteiger charge is 2.04. The molecular weight excluding hydrogens is 233 g/mol. The van der Waals surface area contributed by atoms with E-state index >= 15 is 0 Å². The lowest BCUT2D eigenvalue weighted by Crippen LogP contribution is -2.23. The third kappa shape index (κ3) is 3.69. The van der Waals surface area contributed by atoms with E-state index in [9.17, 15) is 4.39 Å². The molecule has 0 radical (unpaired) electrons. The summed E-state index contributed by atoms with van der Waals surface area (Å²) >= 11 is 0. The van der Waals surface area contributed by atoms with Crippen molar-refractivity contribution in [3.8, 4) is 5.75 Å². The second-order valence-corrected chi connectivity index (χ2v) is 3.84. The fourth-order valence-electron chi connectivity index (χ4n) is 1.41. The Morgan fingerprint density at radius 2 is 1.89 bits per heavy atom. The molecule has 1 aromatic heterocycles. The van der Waals surface area contributed by atoms with E-state index in [0.717, 1.165) is 0 Å². The number of hydrogen-bond donors (Lipinski definition) is 1. The van der Waals surface area contributed by atoms with E-state index in [1.165, 1.54) is 12.1 Å². The quantitative estimate of drug-likeness (QED) is 0.881. The number of benzene rings is 1. The summed E-state index contributed by atoms with van der Waals surface area (Å²) in [6.45, 7) is 2.49. The smallest absolute Gasteiger partial charge is 0.222 e. The maximum Gasteiger partial charge on any atom is 0.222 e. The van der Waals surface area contributed by atoms with Gasteiger partial charge in [0.2, 0.25) is 5.95 Å². The zero-order chi connectivity index (χ0) is 12.8.